The first-order valence-corrected chi connectivity index (χ1v) is 6.93. The van der Waals surface area contributed by atoms with Gasteiger partial charge in [-0.1, -0.05) is 0 Å². The number of aliphatic carboxylic acids is 1. The van der Waals surface area contributed by atoms with Gasteiger partial charge in [-0.05, 0) is 51.2 Å². The second-order valence-corrected chi connectivity index (χ2v) is 5.88. The van der Waals surface area contributed by atoms with Crippen LogP contribution in [0.5, 0.6) is 0 Å². The second kappa shape index (κ2) is 4.58. The Bertz CT molecular complexity index is 308. The minimum Gasteiger partial charge on any atom is -0.481 e. The predicted octanol–water partition coefficient (Wildman–Crippen LogP) is 0.877. The zero-order valence-corrected chi connectivity index (χ0v) is 10.3. The van der Waals surface area contributed by atoms with Crippen LogP contribution in [-0.4, -0.2) is 59.6 Å². The Balaban J connectivity index is 1.65. The number of rotatable bonds is 2. The molecule has 4 nitrogen and oxygen atoms in total. The van der Waals surface area contributed by atoms with Gasteiger partial charge in [-0.15, -0.1) is 0 Å². The van der Waals surface area contributed by atoms with Gasteiger partial charge in [0.15, 0.2) is 0 Å². The van der Waals surface area contributed by atoms with Crippen LogP contribution in [0.25, 0.3) is 0 Å². The van der Waals surface area contributed by atoms with Crippen LogP contribution in [-0.2, 0) is 4.79 Å². The van der Waals surface area contributed by atoms with Crippen LogP contribution in [0.1, 0.15) is 25.7 Å². The zero-order chi connectivity index (χ0) is 11.8. The van der Waals surface area contributed by atoms with Gasteiger partial charge in [0, 0.05) is 19.1 Å². The van der Waals surface area contributed by atoms with Gasteiger partial charge in [0.1, 0.15) is 0 Å². The van der Waals surface area contributed by atoms with Gasteiger partial charge in [0.2, 0.25) is 0 Å². The highest BCUT2D eigenvalue weighted by Crippen LogP contribution is 2.32. The van der Waals surface area contributed by atoms with Crippen LogP contribution >= 0.6 is 0 Å². The Morgan fingerprint density at radius 1 is 1.06 bits per heavy atom. The first kappa shape index (κ1) is 11.5. The molecule has 1 N–H and O–H groups in total. The number of fused-ring (bicyclic) bond motifs is 2. The lowest BCUT2D eigenvalue weighted by molar-refractivity contribution is -0.144. The van der Waals surface area contributed by atoms with E-state index in [9.17, 15) is 4.79 Å². The molecule has 96 valence electrons. The molecule has 4 heteroatoms. The summed E-state index contributed by atoms with van der Waals surface area (Å²) in [6.07, 6.45) is 4.50. The molecule has 0 aliphatic carbocycles. The van der Waals surface area contributed by atoms with Crippen LogP contribution in [0, 0.1) is 11.8 Å². The monoisotopic (exact) mass is 238 g/mol. The fraction of sp³-hybridized carbons (Fsp3) is 0.923. The number of piperidine rings is 2. The molecule has 3 rings (SSSR count). The van der Waals surface area contributed by atoms with Crippen LogP contribution < -0.4 is 0 Å². The predicted molar refractivity (Wildman–Crippen MR) is 64.9 cm³/mol. The summed E-state index contributed by atoms with van der Waals surface area (Å²) in [6, 6.07) is 0.663. The van der Waals surface area contributed by atoms with E-state index in [0.717, 1.165) is 31.8 Å². The number of carbonyl (C=O) groups is 1. The van der Waals surface area contributed by atoms with Crippen molar-refractivity contribution in [1.82, 2.24) is 9.80 Å². The second-order valence-electron chi connectivity index (χ2n) is 5.88. The molecule has 0 aromatic carbocycles. The molecule has 3 fully saturated rings. The van der Waals surface area contributed by atoms with Crippen LogP contribution in [0.15, 0.2) is 0 Å². The summed E-state index contributed by atoms with van der Waals surface area (Å²) in [5, 5.41) is 9.15. The highest BCUT2D eigenvalue weighted by Gasteiger charge is 2.39. The topological polar surface area (TPSA) is 43.8 Å². The molecular formula is C13H22N2O2. The minimum absolute atomic E-state index is 0.122. The smallest absolute Gasteiger partial charge is 0.307 e. The molecule has 0 saturated carbocycles. The molecule has 4 unspecified atom stereocenters. The van der Waals surface area contributed by atoms with E-state index in [0.29, 0.717) is 6.04 Å². The van der Waals surface area contributed by atoms with Crippen molar-refractivity contribution in [3.63, 3.8) is 0 Å². The van der Waals surface area contributed by atoms with E-state index >= 15 is 0 Å². The molecule has 0 aromatic rings. The summed E-state index contributed by atoms with van der Waals surface area (Å²) in [4.78, 5) is 16.1. The average molecular weight is 238 g/mol. The van der Waals surface area contributed by atoms with Crippen molar-refractivity contribution < 1.29 is 9.90 Å². The van der Waals surface area contributed by atoms with Crippen molar-refractivity contribution in [3.8, 4) is 0 Å². The summed E-state index contributed by atoms with van der Waals surface area (Å²) in [5.41, 5.74) is 0. The third-order valence-corrected chi connectivity index (χ3v) is 4.87. The zero-order valence-electron chi connectivity index (χ0n) is 10.3. The molecule has 3 saturated heterocycles. The van der Waals surface area contributed by atoms with Gasteiger partial charge >= 0.3 is 5.97 Å². The maximum Gasteiger partial charge on any atom is 0.307 e. The normalized spacial score (nSPS) is 42.6. The molecular weight excluding hydrogens is 216 g/mol. The van der Waals surface area contributed by atoms with Crippen LogP contribution in [0.4, 0.5) is 0 Å². The van der Waals surface area contributed by atoms with E-state index in [1.165, 1.54) is 32.5 Å². The highest BCUT2D eigenvalue weighted by molar-refractivity contribution is 5.70. The van der Waals surface area contributed by atoms with Crippen molar-refractivity contribution >= 4 is 5.97 Å². The van der Waals surface area contributed by atoms with Crippen molar-refractivity contribution in [3.05, 3.63) is 0 Å². The van der Waals surface area contributed by atoms with Crippen molar-refractivity contribution in [2.24, 2.45) is 11.8 Å². The standard InChI is InChI=1S/C13H22N2O2/c16-13(17)11-2-1-5-15(9-11)12-4-7-14-6-3-10(12)8-14/h10-12H,1-9H2,(H,16,17). The maximum absolute atomic E-state index is 11.1. The van der Waals surface area contributed by atoms with Gasteiger partial charge in [-0.3, -0.25) is 9.69 Å². The van der Waals surface area contributed by atoms with Gasteiger partial charge in [-0.2, -0.15) is 0 Å². The molecule has 17 heavy (non-hydrogen) atoms. The molecule has 4 atom stereocenters. The molecule has 3 aliphatic rings. The van der Waals surface area contributed by atoms with Gasteiger partial charge in [0.05, 0.1) is 5.92 Å². The number of likely N-dealkylation sites (tertiary alicyclic amines) is 1. The SMILES string of the molecule is O=C(O)C1CCCN(C2CCN3CCC2C3)C1. The Morgan fingerprint density at radius 2 is 1.88 bits per heavy atom. The number of carboxylic acid groups (broad SMARTS) is 1. The summed E-state index contributed by atoms with van der Waals surface area (Å²) in [6.45, 7) is 5.63. The molecule has 0 radical (unpaired) electrons. The lowest BCUT2D eigenvalue weighted by atomic mass is 9.89. The summed E-state index contributed by atoms with van der Waals surface area (Å²) in [7, 11) is 0. The van der Waals surface area contributed by atoms with Gasteiger partial charge in [0.25, 0.3) is 0 Å². The molecule has 0 amide bonds. The van der Waals surface area contributed by atoms with E-state index in [2.05, 4.69) is 9.80 Å². The summed E-state index contributed by atoms with van der Waals surface area (Å²) < 4.78 is 0. The Labute approximate surface area is 103 Å². The third-order valence-electron chi connectivity index (χ3n) is 4.87. The first-order valence-electron chi connectivity index (χ1n) is 6.93. The molecule has 3 aliphatic heterocycles. The number of hydrogen-bond donors (Lipinski definition) is 1. The Morgan fingerprint density at radius 3 is 2.71 bits per heavy atom. The summed E-state index contributed by atoms with van der Waals surface area (Å²) in [5.74, 6) is 0.0815. The third kappa shape index (κ3) is 2.20. The molecule has 2 bridgehead atoms. The molecule has 0 aromatic heterocycles. The maximum atomic E-state index is 11.1. The van der Waals surface area contributed by atoms with Crippen molar-refractivity contribution in [2.75, 3.05) is 32.7 Å². The van der Waals surface area contributed by atoms with E-state index < -0.39 is 5.97 Å². The lowest BCUT2D eigenvalue weighted by Crippen LogP contribution is -2.51. The highest BCUT2D eigenvalue weighted by atomic mass is 16.4. The average Bonchev–Trinajstić information content (AvgIpc) is 2.71. The van der Waals surface area contributed by atoms with Crippen LogP contribution in [0.3, 0.4) is 0 Å². The van der Waals surface area contributed by atoms with Gasteiger partial charge in [-0.25, -0.2) is 0 Å². The fourth-order valence-corrected chi connectivity index (χ4v) is 3.92. The van der Waals surface area contributed by atoms with Crippen molar-refractivity contribution in [2.45, 2.75) is 31.7 Å². The Kier molecular flexibility index (Phi) is 3.09. The Hall–Kier alpha value is -0.610. The minimum atomic E-state index is -0.599. The lowest BCUT2D eigenvalue weighted by Gasteiger charge is -2.42. The number of hydrogen-bond acceptors (Lipinski definition) is 3. The molecule has 0 spiro atoms. The van der Waals surface area contributed by atoms with E-state index in [-0.39, 0.29) is 5.92 Å². The first-order chi connectivity index (χ1) is 8.24. The van der Waals surface area contributed by atoms with E-state index in [1.54, 1.807) is 0 Å². The van der Waals surface area contributed by atoms with Gasteiger partial charge < -0.3 is 10.0 Å². The van der Waals surface area contributed by atoms with E-state index in [1.807, 2.05) is 0 Å². The fourth-order valence-electron chi connectivity index (χ4n) is 3.92. The quantitative estimate of drug-likeness (QED) is 0.775. The van der Waals surface area contributed by atoms with Crippen molar-refractivity contribution in [1.29, 1.82) is 0 Å². The molecule has 3 heterocycles. The van der Waals surface area contributed by atoms with Crippen LogP contribution in [0.2, 0.25) is 0 Å². The van der Waals surface area contributed by atoms with E-state index in [4.69, 9.17) is 5.11 Å². The number of carboxylic acids is 1. The number of nitrogens with zero attached hydrogens (tertiary/aromatic N) is 2. The summed E-state index contributed by atoms with van der Waals surface area (Å²) >= 11 is 0. The largest absolute Gasteiger partial charge is 0.481 e.